The Labute approximate surface area is 197 Å². The fraction of sp³-hybridized carbons (Fsp3) is 0.154. The Bertz CT molecular complexity index is 1380. The number of aryl methyl sites for hydroxylation is 1. The number of nitrogens with one attached hydrogen (secondary N) is 2. The van der Waals surface area contributed by atoms with Crippen LogP contribution in [0.3, 0.4) is 0 Å². The summed E-state index contributed by atoms with van der Waals surface area (Å²) >= 11 is 0. The van der Waals surface area contributed by atoms with Crippen LogP contribution in [0, 0.1) is 6.92 Å². The van der Waals surface area contributed by atoms with Crippen molar-refractivity contribution in [3.05, 3.63) is 78.0 Å². The lowest BCUT2D eigenvalue weighted by atomic mass is 10.1. The van der Waals surface area contributed by atoms with Crippen LogP contribution in [0.25, 0.3) is 23.1 Å². The third-order valence-corrected chi connectivity index (χ3v) is 5.66. The number of carbonyl (C=O) groups is 1. The van der Waals surface area contributed by atoms with E-state index in [0.717, 1.165) is 28.5 Å². The van der Waals surface area contributed by atoms with Crippen LogP contribution in [-0.4, -0.2) is 45.2 Å². The van der Waals surface area contributed by atoms with Crippen LogP contribution in [0.1, 0.15) is 22.3 Å². The Balaban J connectivity index is 1.44. The van der Waals surface area contributed by atoms with E-state index in [1.807, 2.05) is 85.5 Å². The highest BCUT2D eigenvalue weighted by Crippen LogP contribution is 2.27. The van der Waals surface area contributed by atoms with Gasteiger partial charge in [-0.3, -0.25) is 4.79 Å². The summed E-state index contributed by atoms with van der Waals surface area (Å²) < 4.78 is 3.45. The predicted molar refractivity (Wildman–Crippen MR) is 136 cm³/mol. The van der Waals surface area contributed by atoms with Crippen molar-refractivity contribution in [1.82, 2.24) is 19.6 Å². The number of fused-ring (bicyclic) bond motifs is 1. The largest absolute Gasteiger partial charge is 0.388 e. The molecule has 0 amide bonds. The second kappa shape index (κ2) is 9.19. The van der Waals surface area contributed by atoms with Gasteiger partial charge in [-0.25, -0.2) is 14.4 Å². The van der Waals surface area contributed by atoms with E-state index in [1.165, 1.54) is 5.56 Å². The fourth-order valence-corrected chi connectivity index (χ4v) is 3.76. The maximum Gasteiger partial charge on any atom is 0.187 e. The molecule has 170 valence electrons. The van der Waals surface area contributed by atoms with Crippen molar-refractivity contribution in [3.63, 3.8) is 0 Å². The number of nitrogens with zero attached hydrogens (tertiary/aromatic N) is 5. The monoisotopic (exact) mass is 451 g/mol. The topological polar surface area (TPSA) is 89.1 Å². The zero-order chi connectivity index (χ0) is 23.5. The molecule has 2 N–H and O–H groups in total. The molecule has 0 spiro atoms. The lowest BCUT2D eigenvalue weighted by Crippen LogP contribution is -2.16. The third kappa shape index (κ3) is 4.25. The molecule has 0 atom stereocenters. The first-order valence-corrected chi connectivity index (χ1v) is 11.1. The van der Waals surface area contributed by atoms with Gasteiger partial charge in [0.1, 0.15) is 5.82 Å². The standard InChI is InChI=1S/C26H25N7O/c1-18-5-11-21(12-6-18)33-25(15-23(31-33)19-7-9-20(27-2)10-8-19)29-17-24(34)22-16-30-32-14-4-3-13-28-26(22)32/h4-16,27,29H,3,17H2,1-2H3. The molecule has 2 aromatic carbocycles. The number of carbonyl (C=O) groups excluding carboxylic acids is 1. The van der Waals surface area contributed by atoms with Crippen LogP contribution in [-0.2, 0) is 0 Å². The molecule has 1 aliphatic heterocycles. The molecule has 34 heavy (non-hydrogen) atoms. The lowest BCUT2D eigenvalue weighted by Gasteiger charge is -2.09. The first kappa shape index (κ1) is 21.4. The third-order valence-electron chi connectivity index (χ3n) is 5.66. The van der Waals surface area contributed by atoms with Crippen molar-refractivity contribution in [2.45, 2.75) is 13.3 Å². The Morgan fingerprint density at radius 3 is 2.65 bits per heavy atom. The number of rotatable bonds is 7. The highest BCUT2D eigenvalue weighted by Gasteiger charge is 2.18. The van der Waals surface area contributed by atoms with E-state index >= 15 is 0 Å². The number of hydrogen-bond donors (Lipinski definition) is 2. The van der Waals surface area contributed by atoms with Gasteiger partial charge in [-0.1, -0.05) is 35.9 Å². The van der Waals surface area contributed by atoms with Gasteiger partial charge in [0.05, 0.1) is 29.7 Å². The van der Waals surface area contributed by atoms with Crippen molar-refractivity contribution < 1.29 is 4.79 Å². The molecule has 0 saturated carbocycles. The molecular weight excluding hydrogens is 426 g/mol. The summed E-state index contributed by atoms with van der Waals surface area (Å²) in [6.45, 7) is 2.14. The van der Waals surface area contributed by atoms with Gasteiger partial charge < -0.3 is 10.6 Å². The second-order valence-corrected chi connectivity index (χ2v) is 8.02. The van der Waals surface area contributed by atoms with Gasteiger partial charge in [-0.2, -0.15) is 10.2 Å². The lowest BCUT2D eigenvalue weighted by molar-refractivity contribution is 0.101. The van der Waals surface area contributed by atoms with Gasteiger partial charge in [0.2, 0.25) is 0 Å². The predicted octanol–water partition coefficient (Wildman–Crippen LogP) is 4.96. The molecule has 2 aromatic heterocycles. The quantitative estimate of drug-likeness (QED) is 0.388. The van der Waals surface area contributed by atoms with Gasteiger partial charge in [0.25, 0.3) is 0 Å². The van der Waals surface area contributed by atoms with E-state index < -0.39 is 0 Å². The zero-order valence-corrected chi connectivity index (χ0v) is 19.1. The van der Waals surface area contributed by atoms with E-state index in [2.05, 4.69) is 20.7 Å². The smallest absolute Gasteiger partial charge is 0.187 e. The van der Waals surface area contributed by atoms with Crippen LogP contribution in [0.5, 0.6) is 0 Å². The van der Waals surface area contributed by atoms with E-state index in [0.29, 0.717) is 17.8 Å². The molecule has 3 heterocycles. The number of aromatic nitrogens is 4. The van der Waals surface area contributed by atoms with Gasteiger partial charge in [-0.15, -0.1) is 0 Å². The summed E-state index contributed by atoms with van der Waals surface area (Å²) in [5.74, 6) is 1.19. The molecule has 0 aliphatic carbocycles. The van der Waals surface area contributed by atoms with Crippen molar-refractivity contribution in [1.29, 1.82) is 0 Å². The van der Waals surface area contributed by atoms with Gasteiger partial charge >= 0.3 is 0 Å². The summed E-state index contributed by atoms with van der Waals surface area (Å²) in [5.41, 5.74) is 5.39. The minimum Gasteiger partial charge on any atom is -0.388 e. The molecule has 0 fully saturated rings. The van der Waals surface area contributed by atoms with Crippen molar-refractivity contribution >= 4 is 35.5 Å². The molecule has 5 rings (SSSR count). The molecule has 1 aliphatic rings. The Hall–Kier alpha value is -4.46. The number of hydrogen-bond acceptors (Lipinski definition) is 6. The zero-order valence-electron chi connectivity index (χ0n) is 19.1. The minimum absolute atomic E-state index is 0.0909. The van der Waals surface area contributed by atoms with Crippen LogP contribution < -0.4 is 10.6 Å². The number of ketones is 1. The van der Waals surface area contributed by atoms with Crippen molar-refractivity contribution in [3.8, 4) is 16.9 Å². The summed E-state index contributed by atoms with van der Waals surface area (Å²) in [5, 5.41) is 15.5. The van der Waals surface area contributed by atoms with Crippen LogP contribution in [0.2, 0.25) is 0 Å². The molecule has 8 nitrogen and oxygen atoms in total. The van der Waals surface area contributed by atoms with Gasteiger partial charge in [0, 0.05) is 43.2 Å². The van der Waals surface area contributed by atoms with E-state index in [9.17, 15) is 4.79 Å². The molecule has 0 unspecified atom stereocenters. The van der Waals surface area contributed by atoms with Crippen LogP contribution >= 0.6 is 0 Å². The normalized spacial score (nSPS) is 12.3. The number of allylic oxidation sites excluding steroid dienone is 1. The summed E-state index contributed by atoms with van der Waals surface area (Å²) in [4.78, 5) is 17.4. The summed E-state index contributed by atoms with van der Waals surface area (Å²) in [7, 11) is 1.89. The highest BCUT2D eigenvalue weighted by molar-refractivity contribution is 6.03. The fourth-order valence-electron chi connectivity index (χ4n) is 3.76. The van der Waals surface area contributed by atoms with E-state index in [4.69, 9.17) is 5.10 Å². The second-order valence-electron chi connectivity index (χ2n) is 8.02. The van der Waals surface area contributed by atoms with Crippen LogP contribution in [0.15, 0.2) is 71.9 Å². The number of anilines is 2. The van der Waals surface area contributed by atoms with Crippen molar-refractivity contribution in [2.75, 3.05) is 24.2 Å². The number of aliphatic imine (C=N–C) groups is 1. The van der Waals surface area contributed by atoms with Crippen LogP contribution in [0.4, 0.5) is 17.3 Å². The number of Topliss-reactive ketones (excluding diaryl/α,β-unsaturated/α-hetero) is 1. The first-order chi connectivity index (χ1) is 16.6. The Kier molecular flexibility index (Phi) is 5.78. The van der Waals surface area contributed by atoms with Gasteiger partial charge in [0.15, 0.2) is 11.6 Å². The summed E-state index contributed by atoms with van der Waals surface area (Å²) in [6.07, 6.45) is 7.83. The minimum atomic E-state index is -0.0923. The molecule has 0 radical (unpaired) electrons. The highest BCUT2D eigenvalue weighted by atomic mass is 16.1. The molecule has 8 heteroatoms. The molecule has 0 saturated heterocycles. The summed E-state index contributed by atoms with van der Waals surface area (Å²) in [6, 6.07) is 18.1. The van der Waals surface area contributed by atoms with Crippen molar-refractivity contribution in [2.24, 2.45) is 4.99 Å². The number of benzene rings is 2. The van der Waals surface area contributed by atoms with Gasteiger partial charge in [-0.05, 0) is 31.2 Å². The maximum absolute atomic E-state index is 13.1. The average molecular weight is 452 g/mol. The average Bonchev–Trinajstić information content (AvgIpc) is 3.40. The first-order valence-electron chi connectivity index (χ1n) is 11.1. The Morgan fingerprint density at radius 1 is 1.09 bits per heavy atom. The SMILES string of the molecule is CNc1ccc(-c2cc(NCC(=O)c3cnn4c3N=CCC=C4)n(-c3ccc(C)cc3)n2)cc1. The van der Waals surface area contributed by atoms with E-state index in [-0.39, 0.29) is 12.3 Å². The maximum atomic E-state index is 13.1. The van der Waals surface area contributed by atoms with E-state index in [1.54, 1.807) is 17.1 Å². The molecule has 4 aromatic rings. The molecule has 0 bridgehead atoms. The Morgan fingerprint density at radius 2 is 1.88 bits per heavy atom. The molecular formula is C26H25N7O.